The Kier molecular flexibility index (Phi) is 8.65. The second kappa shape index (κ2) is 13.0. The molecule has 0 bridgehead atoms. The highest BCUT2D eigenvalue weighted by Crippen LogP contribution is 2.37. The number of anilines is 3. The van der Waals surface area contributed by atoms with Gasteiger partial charge in [-0.25, -0.2) is 24.3 Å². The molecular weight excluding hydrogens is 625 g/mol. The van der Waals surface area contributed by atoms with Crippen LogP contribution in [-0.2, 0) is 6.18 Å². The fourth-order valence-corrected chi connectivity index (χ4v) is 4.88. The summed E-state index contributed by atoms with van der Waals surface area (Å²) in [5.41, 5.74) is 3.03. The van der Waals surface area contributed by atoms with E-state index in [1.54, 1.807) is 54.0 Å². The van der Waals surface area contributed by atoms with Crippen LogP contribution in [0, 0.1) is 0 Å². The van der Waals surface area contributed by atoms with Crippen molar-refractivity contribution in [1.82, 2.24) is 24.6 Å². The van der Waals surface area contributed by atoms with E-state index in [9.17, 15) is 23.1 Å². The van der Waals surface area contributed by atoms with Crippen LogP contribution in [0.25, 0.3) is 27.9 Å². The van der Waals surface area contributed by atoms with Gasteiger partial charge in [-0.05, 0) is 60.0 Å². The van der Waals surface area contributed by atoms with E-state index < -0.39 is 23.9 Å². The van der Waals surface area contributed by atoms with Crippen molar-refractivity contribution in [2.75, 3.05) is 29.6 Å². The van der Waals surface area contributed by atoms with Crippen molar-refractivity contribution in [3.63, 3.8) is 0 Å². The number of aromatic nitrogens is 5. The number of alkyl halides is 3. The van der Waals surface area contributed by atoms with Crippen molar-refractivity contribution >= 4 is 28.9 Å². The summed E-state index contributed by atoms with van der Waals surface area (Å²) in [5, 5.41) is 19.4. The molecule has 14 heteroatoms. The number of carbonyl (C=O) groups excluding carboxylic acids is 1. The fraction of sp³-hybridized carbons (Fsp3) is 0.147. The van der Waals surface area contributed by atoms with Gasteiger partial charge < -0.3 is 25.4 Å². The maximum absolute atomic E-state index is 13.5. The molecule has 0 saturated heterocycles. The molecule has 3 aromatic heterocycles. The second-order valence-corrected chi connectivity index (χ2v) is 11.0. The Balaban J connectivity index is 1.14. The maximum atomic E-state index is 13.5. The number of halogens is 3. The Morgan fingerprint density at radius 1 is 0.917 bits per heavy atom. The number of rotatable bonds is 8. The summed E-state index contributed by atoms with van der Waals surface area (Å²) in [6.07, 6.45) is 0.789. The number of hydrogen-bond donors (Lipinski definition) is 3. The van der Waals surface area contributed by atoms with Crippen LogP contribution in [0.2, 0.25) is 0 Å². The number of fused-ring (bicyclic) bond motifs is 1. The lowest BCUT2D eigenvalue weighted by Gasteiger charge is -2.16. The van der Waals surface area contributed by atoms with Gasteiger partial charge in [0.15, 0.2) is 5.65 Å². The van der Waals surface area contributed by atoms with Crippen molar-refractivity contribution in [3.8, 4) is 34.0 Å². The van der Waals surface area contributed by atoms with Crippen LogP contribution in [0.4, 0.5) is 35.2 Å². The summed E-state index contributed by atoms with van der Waals surface area (Å²) in [6, 6.07) is 18.1. The lowest BCUT2D eigenvalue weighted by atomic mass is 9.98. The number of aliphatic hydroxyl groups excluding tert-OH is 1. The molecule has 3 aromatic carbocycles. The third kappa shape index (κ3) is 7.03. The summed E-state index contributed by atoms with van der Waals surface area (Å²) in [4.78, 5) is 27.8. The maximum Gasteiger partial charge on any atom is 0.416 e. The van der Waals surface area contributed by atoms with E-state index in [4.69, 9.17) is 4.74 Å². The third-order valence-corrected chi connectivity index (χ3v) is 7.35. The molecular formula is C34H29F3N8O3. The van der Waals surface area contributed by atoms with E-state index in [2.05, 4.69) is 30.7 Å². The van der Waals surface area contributed by atoms with Crippen molar-refractivity contribution in [2.45, 2.75) is 19.2 Å². The first-order valence-electron chi connectivity index (χ1n) is 14.6. The summed E-state index contributed by atoms with van der Waals surface area (Å²) in [6.45, 7) is 1.58. The van der Waals surface area contributed by atoms with E-state index >= 15 is 0 Å². The standard InChI is InChI=1S/C34H29F3N8O3/c1-20(46)22-5-4-6-23(15-22)27-12-9-24(34(35,36)37)16-29(27)42-32(47)41-25-17-38-33(39-18-25)48-26-10-7-21(8-11-26)28-19-40-45-14-13-30(44(2)3)43-31(28)45/h4-20,46H,1-3H3,(H2,41,42,47). The predicted octanol–water partition coefficient (Wildman–Crippen LogP) is 7.43. The second-order valence-electron chi connectivity index (χ2n) is 11.0. The highest BCUT2D eigenvalue weighted by molar-refractivity contribution is 6.02. The van der Waals surface area contributed by atoms with Gasteiger partial charge in [0.05, 0.1) is 41.6 Å². The van der Waals surface area contributed by atoms with Crippen LogP contribution in [-0.4, -0.2) is 49.8 Å². The number of ether oxygens (including phenoxy) is 1. The molecule has 0 saturated carbocycles. The summed E-state index contributed by atoms with van der Waals surface area (Å²) in [5.74, 6) is 1.27. The van der Waals surface area contributed by atoms with Crippen molar-refractivity contribution in [2.24, 2.45) is 0 Å². The van der Waals surface area contributed by atoms with E-state index in [1.807, 2.05) is 43.4 Å². The number of aliphatic hydroxyl groups is 1. The van der Waals surface area contributed by atoms with Crippen LogP contribution in [0.15, 0.2) is 97.6 Å². The van der Waals surface area contributed by atoms with Gasteiger partial charge in [0.2, 0.25) is 0 Å². The Morgan fingerprint density at radius 2 is 1.67 bits per heavy atom. The normalized spacial score (nSPS) is 12.1. The van der Waals surface area contributed by atoms with E-state index in [0.29, 0.717) is 28.1 Å². The predicted molar refractivity (Wildman–Crippen MR) is 175 cm³/mol. The molecule has 3 heterocycles. The number of urea groups is 1. The molecule has 0 radical (unpaired) electrons. The quantitative estimate of drug-likeness (QED) is 0.155. The average Bonchev–Trinajstić information content (AvgIpc) is 3.49. The third-order valence-electron chi connectivity index (χ3n) is 7.35. The first kappa shape index (κ1) is 31.9. The molecule has 3 N–H and O–H groups in total. The lowest BCUT2D eigenvalue weighted by Crippen LogP contribution is -2.20. The van der Waals surface area contributed by atoms with Gasteiger partial charge in [0.25, 0.3) is 0 Å². The van der Waals surface area contributed by atoms with Gasteiger partial charge in [0.1, 0.15) is 11.6 Å². The van der Waals surface area contributed by atoms with Gasteiger partial charge in [0, 0.05) is 31.4 Å². The zero-order valence-corrected chi connectivity index (χ0v) is 25.9. The Bertz CT molecular complexity index is 2080. The van der Waals surface area contributed by atoms with Crippen molar-refractivity contribution < 1.29 is 27.8 Å². The zero-order chi connectivity index (χ0) is 34.0. The minimum atomic E-state index is -4.63. The Morgan fingerprint density at radius 3 is 2.35 bits per heavy atom. The number of nitrogens with zero attached hydrogens (tertiary/aromatic N) is 6. The molecule has 6 aromatic rings. The Labute approximate surface area is 272 Å². The molecule has 244 valence electrons. The SMILES string of the molecule is CC(O)c1cccc(-c2ccc(C(F)(F)F)cc2NC(=O)Nc2cnc(Oc3ccc(-c4cnn5ccc(N(C)C)nc45)cc3)nc2)c1. The smallest absolute Gasteiger partial charge is 0.416 e. The van der Waals surface area contributed by atoms with Gasteiger partial charge in [-0.3, -0.25) is 0 Å². The lowest BCUT2D eigenvalue weighted by molar-refractivity contribution is -0.137. The molecule has 1 unspecified atom stereocenters. The van der Waals surface area contributed by atoms with Gasteiger partial charge >= 0.3 is 18.2 Å². The van der Waals surface area contributed by atoms with E-state index in [1.165, 1.54) is 18.5 Å². The van der Waals surface area contributed by atoms with Crippen LogP contribution in [0.1, 0.15) is 24.2 Å². The highest BCUT2D eigenvalue weighted by atomic mass is 19.4. The minimum Gasteiger partial charge on any atom is -0.424 e. The minimum absolute atomic E-state index is 0.0140. The fourth-order valence-electron chi connectivity index (χ4n) is 4.88. The van der Waals surface area contributed by atoms with Crippen LogP contribution < -0.4 is 20.3 Å². The van der Waals surface area contributed by atoms with Crippen LogP contribution >= 0.6 is 0 Å². The number of carbonyl (C=O) groups is 1. The average molecular weight is 655 g/mol. The summed E-state index contributed by atoms with van der Waals surface area (Å²) in [7, 11) is 3.83. The van der Waals surface area contributed by atoms with Gasteiger partial charge in [-0.2, -0.15) is 18.3 Å². The largest absolute Gasteiger partial charge is 0.424 e. The highest BCUT2D eigenvalue weighted by Gasteiger charge is 2.31. The molecule has 6 rings (SSSR count). The van der Waals surface area contributed by atoms with E-state index in [0.717, 1.165) is 29.1 Å². The number of benzene rings is 3. The van der Waals surface area contributed by atoms with Crippen LogP contribution in [0.3, 0.4) is 0 Å². The van der Waals surface area contributed by atoms with Crippen molar-refractivity contribution in [3.05, 3.63) is 109 Å². The topological polar surface area (TPSA) is 130 Å². The number of nitrogens with one attached hydrogen (secondary N) is 2. The number of hydrogen-bond acceptors (Lipinski definition) is 8. The van der Waals surface area contributed by atoms with E-state index in [-0.39, 0.29) is 17.4 Å². The molecule has 0 aliphatic rings. The first-order chi connectivity index (χ1) is 22.9. The molecule has 1 atom stereocenters. The number of amides is 2. The molecule has 0 aliphatic heterocycles. The first-order valence-corrected chi connectivity index (χ1v) is 14.6. The molecule has 11 nitrogen and oxygen atoms in total. The summed E-state index contributed by atoms with van der Waals surface area (Å²) < 4.78 is 48.1. The van der Waals surface area contributed by atoms with Gasteiger partial charge in [-0.15, -0.1) is 0 Å². The molecule has 0 spiro atoms. The monoisotopic (exact) mass is 654 g/mol. The Hall–Kier alpha value is -6.02. The van der Waals surface area contributed by atoms with Crippen LogP contribution in [0.5, 0.6) is 11.8 Å². The molecule has 0 fully saturated rings. The molecule has 2 amide bonds. The van der Waals surface area contributed by atoms with Gasteiger partial charge in [-0.1, -0.05) is 36.4 Å². The zero-order valence-electron chi connectivity index (χ0n) is 25.9. The molecule has 0 aliphatic carbocycles. The summed E-state index contributed by atoms with van der Waals surface area (Å²) >= 11 is 0. The van der Waals surface area contributed by atoms with Crippen molar-refractivity contribution in [1.29, 1.82) is 0 Å². The molecule has 48 heavy (non-hydrogen) atoms.